The van der Waals surface area contributed by atoms with Crippen molar-refractivity contribution in [3.05, 3.63) is 113 Å². The first kappa shape index (κ1) is 25.8. The quantitative estimate of drug-likeness (QED) is 0.270. The minimum absolute atomic E-state index is 0.604. The van der Waals surface area contributed by atoms with Crippen LogP contribution in [0.15, 0.2) is 73.2 Å². The molecule has 38 heavy (non-hydrogen) atoms. The third-order valence-corrected chi connectivity index (χ3v) is 7.57. The van der Waals surface area contributed by atoms with Gasteiger partial charge in [-0.1, -0.05) is 55.0 Å². The summed E-state index contributed by atoms with van der Waals surface area (Å²) in [4.78, 5) is 16.7. The fourth-order valence-electron chi connectivity index (χ4n) is 5.39. The fraction of sp³-hybridized carbons (Fsp3) is 0.333. The third kappa shape index (κ3) is 6.51. The van der Waals surface area contributed by atoms with Crippen LogP contribution in [0.5, 0.6) is 0 Å². The summed E-state index contributed by atoms with van der Waals surface area (Å²) in [5, 5.41) is 9.25. The van der Waals surface area contributed by atoms with Crippen molar-refractivity contribution in [2.75, 3.05) is 13.1 Å². The lowest BCUT2D eigenvalue weighted by atomic mass is 9.94. The van der Waals surface area contributed by atoms with Gasteiger partial charge >= 0.3 is 0 Å². The standard InChI is InChI=1S/C33H35N5/c1-25-28(11-8-12-31(25)29-9-4-2-5-10-29)14-16-33-36-23-30(24-38-17-6-3-7-18-38)32(37-33)15-13-26-19-27(20-34)22-35-21-26/h2,4-5,8-12,19,21-23H,3,6-7,13-18,24H2,1H3. The molecule has 1 aliphatic heterocycles. The Balaban J connectivity index is 1.34. The van der Waals surface area contributed by atoms with Crippen molar-refractivity contribution in [1.29, 1.82) is 5.26 Å². The van der Waals surface area contributed by atoms with Gasteiger partial charge in [0.1, 0.15) is 11.9 Å². The van der Waals surface area contributed by atoms with Gasteiger partial charge in [-0.25, -0.2) is 9.97 Å². The first-order valence-corrected chi connectivity index (χ1v) is 13.7. The molecule has 0 aliphatic carbocycles. The normalized spacial score (nSPS) is 13.8. The second kappa shape index (κ2) is 12.6. The maximum Gasteiger partial charge on any atom is 0.128 e. The number of pyridine rings is 1. The molecule has 0 radical (unpaired) electrons. The lowest BCUT2D eigenvalue weighted by molar-refractivity contribution is 0.219. The predicted molar refractivity (Wildman–Crippen MR) is 152 cm³/mol. The molecular weight excluding hydrogens is 466 g/mol. The number of aryl methyl sites for hydroxylation is 4. The Labute approximate surface area is 226 Å². The lowest BCUT2D eigenvalue weighted by Gasteiger charge is -2.27. The van der Waals surface area contributed by atoms with Gasteiger partial charge in [0.05, 0.1) is 5.56 Å². The van der Waals surface area contributed by atoms with Crippen molar-refractivity contribution in [2.24, 2.45) is 0 Å². The zero-order valence-electron chi connectivity index (χ0n) is 22.2. The Morgan fingerprint density at radius 3 is 2.50 bits per heavy atom. The van der Waals surface area contributed by atoms with Crippen molar-refractivity contribution in [3.8, 4) is 17.2 Å². The number of nitriles is 1. The summed E-state index contributed by atoms with van der Waals surface area (Å²) < 4.78 is 0. The van der Waals surface area contributed by atoms with E-state index in [1.54, 1.807) is 6.20 Å². The lowest BCUT2D eigenvalue weighted by Crippen LogP contribution is -2.29. The number of nitrogens with zero attached hydrogens (tertiary/aromatic N) is 5. The summed E-state index contributed by atoms with van der Waals surface area (Å²) in [7, 11) is 0. The number of piperidine rings is 1. The van der Waals surface area contributed by atoms with Crippen LogP contribution in [0, 0.1) is 18.3 Å². The molecule has 0 atom stereocenters. The summed E-state index contributed by atoms with van der Waals surface area (Å²) >= 11 is 0. The molecule has 1 fully saturated rings. The van der Waals surface area contributed by atoms with E-state index in [9.17, 15) is 5.26 Å². The molecule has 3 heterocycles. The Kier molecular flexibility index (Phi) is 8.53. The highest BCUT2D eigenvalue weighted by Gasteiger charge is 2.15. The third-order valence-electron chi connectivity index (χ3n) is 7.57. The van der Waals surface area contributed by atoms with Gasteiger partial charge in [0.25, 0.3) is 0 Å². The molecule has 0 N–H and O–H groups in total. The molecule has 0 spiro atoms. The number of hydrogen-bond donors (Lipinski definition) is 0. The van der Waals surface area contributed by atoms with E-state index in [2.05, 4.69) is 77.6 Å². The van der Waals surface area contributed by atoms with Crippen LogP contribution < -0.4 is 0 Å². The average Bonchev–Trinajstić information content (AvgIpc) is 2.97. The van der Waals surface area contributed by atoms with E-state index in [1.807, 2.05) is 12.3 Å². The molecule has 0 saturated carbocycles. The van der Waals surface area contributed by atoms with Crippen LogP contribution in [0.2, 0.25) is 0 Å². The Morgan fingerprint density at radius 2 is 1.68 bits per heavy atom. The summed E-state index contributed by atoms with van der Waals surface area (Å²) in [5.74, 6) is 0.899. The van der Waals surface area contributed by atoms with Crippen LogP contribution in [0.3, 0.4) is 0 Å². The molecule has 1 saturated heterocycles. The number of benzene rings is 2. The highest BCUT2D eigenvalue weighted by atomic mass is 15.1. The van der Waals surface area contributed by atoms with Crippen molar-refractivity contribution in [3.63, 3.8) is 0 Å². The van der Waals surface area contributed by atoms with E-state index >= 15 is 0 Å². The Bertz CT molecular complexity index is 1400. The summed E-state index contributed by atoms with van der Waals surface area (Å²) in [5.41, 5.74) is 9.23. The van der Waals surface area contributed by atoms with Gasteiger partial charge in [-0.05, 0) is 86.0 Å². The highest BCUT2D eigenvalue weighted by Crippen LogP contribution is 2.26. The molecule has 4 aromatic rings. The monoisotopic (exact) mass is 501 g/mol. The molecule has 0 amide bonds. The summed E-state index contributed by atoms with van der Waals surface area (Å²) in [6.07, 6.45) is 12.7. The maximum absolute atomic E-state index is 9.25. The molecule has 5 nitrogen and oxygen atoms in total. The predicted octanol–water partition coefficient (Wildman–Crippen LogP) is 6.28. The van der Waals surface area contributed by atoms with Crippen molar-refractivity contribution in [1.82, 2.24) is 19.9 Å². The van der Waals surface area contributed by atoms with E-state index in [4.69, 9.17) is 9.97 Å². The van der Waals surface area contributed by atoms with Gasteiger partial charge in [0.15, 0.2) is 0 Å². The second-order valence-corrected chi connectivity index (χ2v) is 10.2. The van der Waals surface area contributed by atoms with E-state index in [0.29, 0.717) is 5.56 Å². The Hall–Kier alpha value is -3.88. The summed E-state index contributed by atoms with van der Waals surface area (Å²) in [6.45, 7) is 5.41. The maximum atomic E-state index is 9.25. The minimum Gasteiger partial charge on any atom is -0.299 e. The molecule has 192 valence electrons. The fourth-order valence-corrected chi connectivity index (χ4v) is 5.39. The summed E-state index contributed by atoms with van der Waals surface area (Å²) in [6, 6.07) is 21.3. The smallest absolute Gasteiger partial charge is 0.128 e. The van der Waals surface area contributed by atoms with Crippen LogP contribution in [0.4, 0.5) is 0 Å². The largest absolute Gasteiger partial charge is 0.299 e. The average molecular weight is 502 g/mol. The molecule has 2 aromatic carbocycles. The van der Waals surface area contributed by atoms with Gasteiger partial charge in [-0.15, -0.1) is 0 Å². The van der Waals surface area contributed by atoms with Crippen molar-refractivity contribution in [2.45, 2.75) is 58.4 Å². The van der Waals surface area contributed by atoms with Crippen molar-refractivity contribution >= 4 is 0 Å². The zero-order chi connectivity index (χ0) is 26.2. The zero-order valence-corrected chi connectivity index (χ0v) is 22.2. The van der Waals surface area contributed by atoms with Crippen LogP contribution in [-0.4, -0.2) is 32.9 Å². The van der Waals surface area contributed by atoms with E-state index in [1.165, 1.54) is 47.1 Å². The molecule has 5 rings (SSSR count). The van der Waals surface area contributed by atoms with Crippen LogP contribution in [-0.2, 0) is 32.2 Å². The van der Waals surface area contributed by atoms with Gasteiger partial charge in [0.2, 0.25) is 0 Å². The number of likely N-dealkylation sites (tertiary alicyclic amines) is 1. The minimum atomic E-state index is 0.604. The number of hydrogen-bond acceptors (Lipinski definition) is 5. The van der Waals surface area contributed by atoms with Crippen LogP contribution in [0.1, 0.15) is 58.6 Å². The van der Waals surface area contributed by atoms with Gasteiger partial charge < -0.3 is 0 Å². The van der Waals surface area contributed by atoms with E-state index in [0.717, 1.165) is 62.4 Å². The van der Waals surface area contributed by atoms with Gasteiger partial charge in [0, 0.05) is 42.8 Å². The second-order valence-electron chi connectivity index (χ2n) is 10.2. The van der Waals surface area contributed by atoms with Crippen LogP contribution in [0.25, 0.3) is 11.1 Å². The Morgan fingerprint density at radius 1 is 0.842 bits per heavy atom. The number of aromatic nitrogens is 3. The van der Waals surface area contributed by atoms with Crippen LogP contribution >= 0.6 is 0 Å². The highest BCUT2D eigenvalue weighted by molar-refractivity contribution is 5.68. The number of rotatable bonds is 9. The van der Waals surface area contributed by atoms with E-state index in [-0.39, 0.29) is 0 Å². The van der Waals surface area contributed by atoms with Gasteiger partial charge in [-0.2, -0.15) is 5.26 Å². The topological polar surface area (TPSA) is 65.7 Å². The molecule has 2 aromatic heterocycles. The van der Waals surface area contributed by atoms with Gasteiger partial charge in [-0.3, -0.25) is 9.88 Å². The first-order chi connectivity index (χ1) is 18.7. The first-order valence-electron chi connectivity index (χ1n) is 13.7. The van der Waals surface area contributed by atoms with E-state index < -0.39 is 0 Å². The molecule has 1 aliphatic rings. The molecular formula is C33H35N5. The van der Waals surface area contributed by atoms with Crippen molar-refractivity contribution < 1.29 is 0 Å². The molecule has 5 heteroatoms. The SMILES string of the molecule is Cc1c(CCc2ncc(CN3CCCCC3)c(CCc3cncc(C#N)c3)n2)cccc1-c1ccccc1. The molecule has 0 unspecified atom stereocenters. The molecule has 0 bridgehead atoms.